The summed E-state index contributed by atoms with van der Waals surface area (Å²) in [5.41, 5.74) is 11.5. The van der Waals surface area contributed by atoms with Crippen LogP contribution in [0.3, 0.4) is 0 Å². The Labute approximate surface area is 127 Å². The van der Waals surface area contributed by atoms with Crippen molar-refractivity contribution in [1.82, 2.24) is 0 Å². The number of rotatable bonds is 4. The van der Waals surface area contributed by atoms with Crippen LogP contribution in [-0.4, -0.2) is 12.6 Å². The van der Waals surface area contributed by atoms with Gasteiger partial charge in [-0.15, -0.1) is 0 Å². The molecule has 1 aliphatic rings. The van der Waals surface area contributed by atoms with Crippen molar-refractivity contribution in [2.45, 2.75) is 38.6 Å². The number of aryl methyl sites for hydroxylation is 1. The summed E-state index contributed by atoms with van der Waals surface area (Å²) in [7, 11) is 0. The minimum absolute atomic E-state index is 0.270. The lowest BCUT2D eigenvalue weighted by atomic mass is 10.00. The summed E-state index contributed by atoms with van der Waals surface area (Å²) >= 11 is 0. The Morgan fingerprint density at radius 1 is 1.10 bits per heavy atom. The predicted octanol–water partition coefficient (Wildman–Crippen LogP) is 4.05. The highest BCUT2D eigenvalue weighted by Gasteiger charge is 2.17. The molecule has 2 aromatic carbocycles. The van der Waals surface area contributed by atoms with Crippen molar-refractivity contribution >= 4 is 11.4 Å². The second kappa shape index (κ2) is 6.31. The number of hydrogen-bond donors (Lipinski definition) is 1. The normalized spacial score (nSPS) is 15.6. The molecular weight excluding hydrogens is 256 g/mol. The van der Waals surface area contributed by atoms with E-state index in [-0.39, 0.29) is 6.04 Å². The second-order valence-corrected chi connectivity index (χ2v) is 5.92. The van der Waals surface area contributed by atoms with Gasteiger partial charge < -0.3 is 10.6 Å². The third-order valence-corrected chi connectivity index (χ3v) is 4.38. The van der Waals surface area contributed by atoms with E-state index in [4.69, 9.17) is 5.73 Å². The number of para-hydroxylation sites is 1. The van der Waals surface area contributed by atoms with Gasteiger partial charge in [-0.05, 0) is 55.0 Å². The highest BCUT2D eigenvalue weighted by atomic mass is 15.1. The molecule has 2 N–H and O–H groups in total. The van der Waals surface area contributed by atoms with Crippen molar-refractivity contribution in [3.63, 3.8) is 0 Å². The van der Waals surface area contributed by atoms with Gasteiger partial charge in [0.15, 0.2) is 0 Å². The van der Waals surface area contributed by atoms with Gasteiger partial charge in [0.05, 0.1) is 0 Å². The highest BCUT2D eigenvalue weighted by molar-refractivity contribution is 5.67. The number of fused-ring (bicyclic) bond motifs is 1. The number of benzene rings is 2. The van der Waals surface area contributed by atoms with Crippen LogP contribution < -0.4 is 10.6 Å². The molecule has 3 rings (SSSR count). The Morgan fingerprint density at radius 3 is 2.62 bits per heavy atom. The molecule has 0 aliphatic carbocycles. The Kier molecular flexibility index (Phi) is 4.26. The monoisotopic (exact) mass is 280 g/mol. The summed E-state index contributed by atoms with van der Waals surface area (Å²) in [4.78, 5) is 2.43. The van der Waals surface area contributed by atoms with Gasteiger partial charge in [-0.25, -0.2) is 0 Å². The van der Waals surface area contributed by atoms with Crippen LogP contribution in [0.2, 0.25) is 0 Å². The summed E-state index contributed by atoms with van der Waals surface area (Å²) in [5.74, 6) is 0. The Morgan fingerprint density at radius 2 is 1.86 bits per heavy atom. The van der Waals surface area contributed by atoms with Crippen LogP contribution in [-0.2, 0) is 12.8 Å². The number of anilines is 2. The first-order chi connectivity index (χ1) is 10.3. The molecule has 110 valence electrons. The quantitative estimate of drug-likeness (QED) is 0.915. The fraction of sp³-hybridized carbons (Fsp3) is 0.368. The summed E-state index contributed by atoms with van der Waals surface area (Å²) in [6.07, 6.45) is 4.41. The van der Waals surface area contributed by atoms with Crippen LogP contribution in [0.15, 0.2) is 48.5 Å². The van der Waals surface area contributed by atoms with Crippen LogP contribution in [0, 0.1) is 0 Å². The molecule has 1 unspecified atom stereocenters. The smallest absolute Gasteiger partial charge is 0.0443 e. The number of nitrogens with zero attached hydrogens (tertiary/aromatic N) is 1. The third-order valence-electron chi connectivity index (χ3n) is 4.38. The van der Waals surface area contributed by atoms with Crippen molar-refractivity contribution in [1.29, 1.82) is 0 Å². The van der Waals surface area contributed by atoms with Crippen molar-refractivity contribution in [2.24, 2.45) is 5.73 Å². The van der Waals surface area contributed by atoms with Gasteiger partial charge in [0, 0.05) is 24.0 Å². The predicted molar refractivity (Wildman–Crippen MR) is 90.2 cm³/mol. The molecule has 0 fully saturated rings. The van der Waals surface area contributed by atoms with E-state index in [1.54, 1.807) is 0 Å². The van der Waals surface area contributed by atoms with Crippen molar-refractivity contribution in [2.75, 3.05) is 11.4 Å². The average Bonchev–Trinajstić information content (AvgIpc) is 2.55. The molecule has 2 nitrogen and oxygen atoms in total. The third kappa shape index (κ3) is 3.11. The molecule has 21 heavy (non-hydrogen) atoms. The maximum atomic E-state index is 6.04. The Hall–Kier alpha value is -1.80. The van der Waals surface area contributed by atoms with E-state index >= 15 is 0 Å². The zero-order chi connectivity index (χ0) is 14.7. The molecule has 1 aliphatic heterocycles. The van der Waals surface area contributed by atoms with E-state index in [0.717, 1.165) is 19.4 Å². The fourth-order valence-electron chi connectivity index (χ4n) is 3.06. The molecule has 0 radical (unpaired) electrons. The first kappa shape index (κ1) is 14.2. The molecule has 2 aromatic rings. The number of hydrogen-bond acceptors (Lipinski definition) is 2. The molecule has 0 saturated carbocycles. The summed E-state index contributed by atoms with van der Waals surface area (Å²) < 4.78 is 0. The molecule has 0 aromatic heterocycles. The maximum absolute atomic E-state index is 6.04. The van der Waals surface area contributed by atoms with Crippen molar-refractivity contribution in [3.05, 3.63) is 59.7 Å². The van der Waals surface area contributed by atoms with E-state index in [0.29, 0.717) is 0 Å². The van der Waals surface area contributed by atoms with Crippen LogP contribution in [0.5, 0.6) is 0 Å². The molecule has 0 amide bonds. The van der Waals surface area contributed by atoms with E-state index in [2.05, 4.69) is 60.4 Å². The highest BCUT2D eigenvalue weighted by Crippen LogP contribution is 2.33. The molecule has 0 spiro atoms. The molecule has 2 heteroatoms. The molecule has 1 atom stereocenters. The van der Waals surface area contributed by atoms with Crippen molar-refractivity contribution < 1.29 is 0 Å². The lowest BCUT2D eigenvalue weighted by Gasteiger charge is -2.31. The van der Waals surface area contributed by atoms with E-state index < -0.39 is 0 Å². The Bertz CT molecular complexity index is 589. The fourth-order valence-corrected chi connectivity index (χ4v) is 3.06. The zero-order valence-corrected chi connectivity index (χ0v) is 12.8. The topological polar surface area (TPSA) is 29.3 Å². The van der Waals surface area contributed by atoms with E-state index in [9.17, 15) is 0 Å². The average molecular weight is 280 g/mol. The van der Waals surface area contributed by atoms with Crippen molar-refractivity contribution in [3.8, 4) is 0 Å². The van der Waals surface area contributed by atoms with E-state index in [1.165, 1.54) is 35.3 Å². The van der Waals surface area contributed by atoms with Crippen LogP contribution in [0.25, 0.3) is 0 Å². The van der Waals surface area contributed by atoms with Gasteiger partial charge in [-0.2, -0.15) is 0 Å². The van der Waals surface area contributed by atoms with E-state index in [1.807, 2.05) is 0 Å². The standard InChI is InChI=1S/C19H24N2/c1-2-17(20)14-15-9-11-18(12-10-15)21-13-5-7-16-6-3-4-8-19(16)21/h3-4,6,8-12,17H,2,5,7,13-14,20H2,1H3. The minimum atomic E-state index is 0.270. The first-order valence-electron chi connectivity index (χ1n) is 7.98. The zero-order valence-electron chi connectivity index (χ0n) is 12.8. The SMILES string of the molecule is CCC(N)Cc1ccc(N2CCCc3ccccc32)cc1. The number of nitrogens with two attached hydrogens (primary N) is 1. The summed E-state index contributed by atoms with van der Waals surface area (Å²) in [6, 6.07) is 17.9. The van der Waals surface area contributed by atoms with Crippen LogP contribution >= 0.6 is 0 Å². The lowest BCUT2D eigenvalue weighted by Crippen LogP contribution is -2.24. The second-order valence-electron chi connectivity index (χ2n) is 5.92. The van der Waals surface area contributed by atoms with Gasteiger partial charge in [0.25, 0.3) is 0 Å². The van der Waals surface area contributed by atoms with Crippen LogP contribution in [0.4, 0.5) is 11.4 Å². The Balaban J connectivity index is 1.82. The minimum Gasteiger partial charge on any atom is -0.341 e. The molecule has 0 saturated heterocycles. The molecule has 0 bridgehead atoms. The van der Waals surface area contributed by atoms with Gasteiger partial charge in [0.2, 0.25) is 0 Å². The van der Waals surface area contributed by atoms with Gasteiger partial charge in [-0.3, -0.25) is 0 Å². The lowest BCUT2D eigenvalue weighted by molar-refractivity contribution is 0.646. The van der Waals surface area contributed by atoms with Gasteiger partial charge in [0.1, 0.15) is 0 Å². The molecular formula is C19H24N2. The molecule has 1 heterocycles. The largest absolute Gasteiger partial charge is 0.341 e. The first-order valence-corrected chi connectivity index (χ1v) is 7.98. The summed E-state index contributed by atoms with van der Waals surface area (Å²) in [6.45, 7) is 3.24. The van der Waals surface area contributed by atoms with Gasteiger partial charge >= 0.3 is 0 Å². The maximum Gasteiger partial charge on any atom is 0.0443 e. The summed E-state index contributed by atoms with van der Waals surface area (Å²) in [5, 5.41) is 0. The van der Waals surface area contributed by atoms with Crippen LogP contribution in [0.1, 0.15) is 30.9 Å². The van der Waals surface area contributed by atoms with Gasteiger partial charge in [-0.1, -0.05) is 37.3 Å².